The minimum Gasteiger partial charge on any atom is -0.295 e. The van der Waals surface area contributed by atoms with E-state index in [1.54, 1.807) is 10.9 Å². The van der Waals surface area contributed by atoms with Gasteiger partial charge in [0.05, 0.1) is 17.4 Å². The third-order valence-electron chi connectivity index (χ3n) is 5.93. The maximum Gasteiger partial charge on any atom is 0.271 e. The maximum atomic E-state index is 13.2. The fourth-order valence-corrected chi connectivity index (χ4v) is 5.42. The van der Waals surface area contributed by atoms with E-state index < -0.39 is 0 Å². The standard InChI is InChI=1S/C21H20BN5OS.C2H6/c1-13-7-14(8-15-10-26(2)25-19(13)15)18-9-17-20(29-18)21(28)27(12-24-17)16-3-5-22(11-23)6-4-16;1-2/h7-10,12,16H,3-6H2,1-2H3;1-2H3. The van der Waals surface area contributed by atoms with Gasteiger partial charge in [-0.1, -0.05) is 26.5 Å². The molecule has 0 saturated carbocycles. The van der Waals surface area contributed by atoms with Crippen LogP contribution in [-0.2, 0) is 7.05 Å². The summed E-state index contributed by atoms with van der Waals surface area (Å²) in [6.07, 6.45) is 7.13. The van der Waals surface area contributed by atoms with Crippen LogP contribution in [0.1, 0.15) is 38.3 Å². The summed E-state index contributed by atoms with van der Waals surface area (Å²) in [6, 6.07) is 6.40. The van der Waals surface area contributed by atoms with Crippen molar-refractivity contribution in [2.24, 2.45) is 7.05 Å². The van der Waals surface area contributed by atoms with E-state index in [0.717, 1.165) is 57.9 Å². The van der Waals surface area contributed by atoms with Crippen molar-refractivity contribution in [2.45, 2.75) is 52.3 Å². The van der Waals surface area contributed by atoms with Crippen LogP contribution in [0.3, 0.4) is 0 Å². The van der Waals surface area contributed by atoms with Gasteiger partial charge < -0.3 is 0 Å². The SMILES string of the molecule is CC.Cc1cc(-c2cc3ncn(C4CCB(C#N)CC4)c(=O)c3s2)cc2cn(C)nc12. The van der Waals surface area contributed by atoms with Crippen LogP contribution in [0.4, 0.5) is 0 Å². The van der Waals surface area contributed by atoms with Crippen LogP contribution >= 0.6 is 11.3 Å². The van der Waals surface area contributed by atoms with Crippen molar-refractivity contribution >= 4 is 39.2 Å². The summed E-state index contributed by atoms with van der Waals surface area (Å²) in [5.41, 5.74) is 4.00. The Kier molecular flexibility index (Phi) is 5.97. The number of nitriles is 1. The van der Waals surface area contributed by atoms with E-state index in [0.29, 0.717) is 4.70 Å². The molecule has 158 valence electrons. The Labute approximate surface area is 186 Å². The van der Waals surface area contributed by atoms with Gasteiger partial charge in [-0.15, -0.1) is 11.3 Å². The van der Waals surface area contributed by atoms with E-state index in [1.165, 1.54) is 11.3 Å². The highest BCUT2D eigenvalue weighted by molar-refractivity contribution is 7.22. The van der Waals surface area contributed by atoms with E-state index in [1.807, 2.05) is 37.8 Å². The Balaban J connectivity index is 0.00000112. The van der Waals surface area contributed by atoms with Gasteiger partial charge in [0.25, 0.3) is 12.3 Å². The van der Waals surface area contributed by atoms with Gasteiger partial charge >= 0.3 is 0 Å². The number of nitrogens with zero attached hydrogens (tertiary/aromatic N) is 5. The molecule has 1 aromatic carbocycles. The van der Waals surface area contributed by atoms with Crippen molar-refractivity contribution < 1.29 is 0 Å². The van der Waals surface area contributed by atoms with E-state index in [4.69, 9.17) is 5.26 Å². The highest BCUT2D eigenvalue weighted by atomic mass is 32.1. The largest absolute Gasteiger partial charge is 0.295 e. The zero-order valence-corrected chi connectivity index (χ0v) is 19.2. The zero-order chi connectivity index (χ0) is 22.1. The number of benzene rings is 1. The molecule has 0 amide bonds. The van der Waals surface area contributed by atoms with Crippen molar-refractivity contribution in [3.8, 4) is 16.4 Å². The van der Waals surface area contributed by atoms with Crippen molar-refractivity contribution in [1.29, 1.82) is 5.26 Å². The Bertz CT molecular complexity index is 1340. The normalized spacial score (nSPS) is 14.5. The van der Waals surface area contributed by atoms with Crippen LogP contribution in [0.25, 0.3) is 31.6 Å². The van der Waals surface area contributed by atoms with Gasteiger partial charge in [0.1, 0.15) is 4.70 Å². The summed E-state index contributed by atoms with van der Waals surface area (Å²) in [6.45, 7) is 6.19. The summed E-state index contributed by atoms with van der Waals surface area (Å²) in [5, 5.41) is 14.7. The van der Waals surface area contributed by atoms with Gasteiger partial charge in [-0.2, -0.15) is 5.10 Å². The van der Waals surface area contributed by atoms with Crippen LogP contribution in [0, 0.1) is 18.2 Å². The molecule has 0 aliphatic carbocycles. The molecule has 31 heavy (non-hydrogen) atoms. The summed E-state index contributed by atoms with van der Waals surface area (Å²) in [5.74, 6) is 2.35. The first-order valence-electron chi connectivity index (χ1n) is 10.9. The molecule has 1 aliphatic heterocycles. The van der Waals surface area contributed by atoms with Crippen molar-refractivity contribution in [3.05, 3.63) is 46.6 Å². The quantitative estimate of drug-likeness (QED) is 0.407. The smallest absolute Gasteiger partial charge is 0.271 e. The number of hydrogen-bond donors (Lipinski definition) is 0. The summed E-state index contributed by atoms with van der Waals surface area (Å²) in [7, 11) is 1.93. The molecule has 5 rings (SSSR count). The molecule has 8 heteroatoms. The van der Waals surface area contributed by atoms with Crippen LogP contribution in [0.15, 0.2) is 35.5 Å². The number of fused-ring (bicyclic) bond motifs is 2. The predicted molar refractivity (Wildman–Crippen MR) is 129 cm³/mol. The first-order valence-corrected chi connectivity index (χ1v) is 11.7. The molecule has 4 heterocycles. The third-order valence-corrected chi connectivity index (χ3v) is 7.09. The molecule has 0 spiro atoms. The van der Waals surface area contributed by atoms with Crippen molar-refractivity contribution in [3.63, 3.8) is 0 Å². The third kappa shape index (κ3) is 3.90. The van der Waals surface area contributed by atoms with Gasteiger partial charge in [-0.3, -0.25) is 14.0 Å². The second-order valence-electron chi connectivity index (χ2n) is 7.95. The molecule has 0 N–H and O–H groups in total. The van der Waals surface area contributed by atoms with Gasteiger partial charge in [-0.05, 0) is 49.1 Å². The molecule has 0 radical (unpaired) electrons. The highest BCUT2D eigenvalue weighted by Crippen LogP contribution is 2.34. The molecule has 1 aliphatic rings. The van der Waals surface area contributed by atoms with E-state index in [-0.39, 0.29) is 18.3 Å². The minimum atomic E-state index is 0.0332. The Morgan fingerprint density at radius 3 is 2.68 bits per heavy atom. The fourth-order valence-electron chi connectivity index (χ4n) is 4.38. The molecule has 0 atom stereocenters. The van der Waals surface area contributed by atoms with E-state index >= 15 is 0 Å². The summed E-state index contributed by atoms with van der Waals surface area (Å²) < 4.78 is 4.31. The average molecular weight is 431 g/mol. The number of aromatic nitrogens is 4. The molecular weight excluding hydrogens is 405 g/mol. The topological polar surface area (TPSA) is 76.5 Å². The monoisotopic (exact) mass is 431 g/mol. The van der Waals surface area contributed by atoms with Gasteiger partial charge in [0.15, 0.2) is 0 Å². The molecular formula is C23H26BN5OS. The van der Waals surface area contributed by atoms with Crippen LogP contribution in [-0.4, -0.2) is 26.0 Å². The lowest BCUT2D eigenvalue weighted by molar-refractivity contribution is 0.440. The highest BCUT2D eigenvalue weighted by Gasteiger charge is 2.26. The average Bonchev–Trinajstić information content (AvgIpc) is 3.39. The molecule has 6 nitrogen and oxygen atoms in total. The van der Waals surface area contributed by atoms with Crippen molar-refractivity contribution in [1.82, 2.24) is 19.3 Å². The molecule has 0 bridgehead atoms. The summed E-state index contributed by atoms with van der Waals surface area (Å²) >= 11 is 1.51. The minimum absolute atomic E-state index is 0.0332. The lowest BCUT2D eigenvalue weighted by atomic mass is 9.42. The first-order chi connectivity index (χ1) is 15.0. The first kappa shape index (κ1) is 21.3. The number of rotatable bonds is 2. The van der Waals surface area contributed by atoms with Crippen LogP contribution in [0.2, 0.25) is 12.6 Å². The van der Waals surface area contributed by atoms with Gasteiger partial charge in [0.2, 0.25) is 0 Å². The van der Waals surface area contributed by atoms with Crippen molar-refractivity contribution in [2.75, 3.05) is 0 Å². The lowest BCUT2D eigenvalue weighted by Crippen LogP contribution is -2.29. The lowest BCUT2D eigenvalue weighted by Gasteiger charge is -2.24. The predicted octanol–water partition coefficient (Wildman–Crippen LogP) is 5.24. The summed E-state index contributed by atoms with van der Waals surface area (Å²) in [4.78, 5) is 18.8. The fraction of sp³-hybridized carbons (Fsp3) is 0.391. The molecule has 1 saturated heterocycles. The van der Waals surface area contributed by atoms with Gasteiger partial charge in [0, 0.05) is 35.5 Å². The van der Waals surface area contributed by atoms with Gasteiger partial charge in [-0.25, -0.2) is 10.2 Å². The Morgan fingerprint density at radius 1 is 1.23 bits per heavy atom. The molecule has 0 unspecified atom stereocenters. The number of hydrogen-bond acceptors (Lipinski definition) is 5. The maximum absolute atomic E-state index is 13.2. The molecule has 4 aromatic rings. The Morgan fingerprint density at radius 2 is 1.97 bits per heavy atom. The van der Waals surface area contributed by atoms with Crippen LogP contribution < -0.4 is 5.56 Å². The van der Waals surface area contributed by atoms with E-state index in [2.05, 4.69) is 35.1 Å². The number of thiophene rings is 1. The molecule has 3 aromatic heterocycles. The second kappa shape index (κ2) is 8.68. The zero-order valence-electron chi connectivity index (χ0n) is 18.4. The Hall–Kier alpha value is -2.92. The van der Waals surface area contributed by atoms with E-state index in [9.17, 15) is 4.79 Å². The molecule has 1 fully saturated rings. The second-order valence-corrected chi connectivity index (χ2v) is 9.00. The number of aryl methyl sites for hydroxylation is 2. The van der Waals surface area contributed by atoms with Crippen LogP contribution in [0.5, 0.6) is 0 Å².